The van der Waals surface area contributed by atoms with Gasteiger partial charge in [0.15, 0.2) is 0 Å². The second-order valence-electron chi connectivity index (χ2n) is 13.2. The summed E-state index contributed by atoms with van der Waals surface area (Å²) in [5, 5.41) is 0.879. The fourth-order valence-electron chi connectivity index (χ4n) is 7.01. The monoisotopic (exact) mass is 597 g/mol. The lowest BCUT2D eigenvalue weighted by Crippen LogP contribution is -2.26. The molecule has 0 N–H and O–H groups in total. The lowest BCUT2D eigenvalue weighted by atomic mass is 9.81. The summed E-state index contributed by atoms with van der Waals surface area (Å²) in [5.74, 6) is 3.11. The van der Waals surface area contributed by atoms with Crippen LogP contribution in [-0.4, -0.2) is 10.3 Å². The largest absolute Gasteiger partial charge is 0.340 e. The topological polar surface area (TPSA) is 6.25 Å². The lowest BCUT2D eigenvalue weighted by molar-refractivity contribution is -0.332. The number of allylic oxidation sites excluding steroid dienone is 8. The molecule has 3 aliphatic rings. The van der Waals surface area contributed by atoms with Crippen molar-refractivity contribution in [3.8, 4) is 12.0 Å². The van der Waals surface area contributed by atoms with E-state index in [2.05, 4.69) is 153 Å². The minimum Gasteiger partial charge on any atom is -0.340 e. The van der Waals surface area contributed by atoms with E-state index in [1.807, 2.05) is 6.92 Å². The van der Waals surface area contributed by atoms with Crippen molar-refractivity contribution >= 4 is 28.7 Å². The Morgan fingerprint density at radius 3 is 2.30 bits per heavy atom. The average molecular weight is 598 g/mol. The number of halogens is 1. The van der Waals surface area contributed by atoms with Gasteiger partial charge in [0.2, 0.25) is 17.4 Å². The minimum absolute atomic E-state index is 0.116. The lowest BCUT2D eigenvalue weighted by Gasteiger charge is -2.27. The Bertz CT molecular complexity index is 1830. The molecule has 0 aromatic heterocycles. The number of para-hydroxylation sites is 2. The molecule has 0 unspecified atom stereocenters. The first-order valence-electron chi connectivity index (χ1n) is 15.7. The molecule has 44 heavy (non-hydrogen) atoms. The summed E-state index contributed by atoms with van der Waals surface area (Å²) >= 11 is 7.18. The molecule has 3 heteroatoms. The molecule has 0 amide bonds. The first-order valence-corrected chi connectivity index (χ1v) is 16.1. The number of rotatable bonds is 5. The zero-order valence-electron chi connectivity index (χ0n) is 26.8. The standard InChI is InChI=1S/C41H42ClN2/c1-7-27-43-35-17-10-8-15-33(35)40(3,4)37(43)25-23-31-13-12-14-32(39(31)42)24-26-38-41(5,6)34-16-9-11-18-36(34)44(38)28-30-21-19-29(2)20-22-30/h8-11,15-26H,12-14,28H2,1-6H3/q+1. The third-order valence-corrected chi connectivity index (χ3v) is 10.0. The second-order valence-corrected chi connectivity index (χ2v) is 13.6. The Labute approximate surface area is 268 Å². The highest BCUT2D eigenvalue weighted by molar-refractivity contribution is 6.32. The van der Waals surface area contributed by atoms with Gasteiger partial charge in [0.25, 0.3) is 0 Å². The Balaban J connectivity index is 1.36. The van der Waals surface area contributed by atoms with Gasteiger partial charge >= 0.3 is 0 Å². The highest BCUT2D eigenvalue weighted by Gasteiger charge is 2.44. The number of hydrogen-bond donors (Lipinski definition) is 0. The van der Waals surface area contributed by atoms with E-state index >= 15 is 0 Å². The van der Waals surface area contributed by atoms with Gasteiger partial charge in [0.1, 0.15) is 0 Å². The van der Waals surface area contributed by atoms with Crippen LogP contribution in [0.2, 0.25) is 0 Å². The SMILES string of the molecule is CC#C[N+]1=C(/C=C/C2=C(Cl)C(=C/C=C3/N(Cc4ccc(C)cc4)c4ccccc4C3(C)C)/CCC2)C(C)(C)c2ccccc21. The summed E-state index contributed by atoms with van der Waals surface area (Å²) in [4.78, 5) is 2.48. The first-order chi connectivity index (χ1) is 21.1. The van der Waals surface area contributed by atoms with E-state index < -0.39 is 0 Å². The summed E-state index contributed by atoms with van der Waals surface area (Å²) in [6, 6.07) is 29.6. The molecule has 0 spiro atoms. The molecule has 6 rings (SSSR count). The minimum atomic E-state index is -0.147. The van der Waals surface area contributed by atoms with Gasteiger partial charge in [-0.2, -0.15) is 0 Å². The molecular formula is C41H42ClN2+. The fourth-order valence-corrected chi connectivity index (χ4v) is 7.33. The summed E-state index contributed by atoms with van der Waals surface area (Å²) in [5.41, 5.74) is 12.3. The van der Waals surface area contributed by atoms with Crippen LogP contribution >= 0.6 is 11.6 Å². The van der Waals surface area contributed by atoms with E-state index in [1.54, 1.807) is 0 Å². The summed E-state index contributed by atoms with van der Waals surface area (Å²) in [6.45, 7) is 14.1. The predicted octanol–water partition coefficient (Wildman–Crippen LogP) is 10.4. The Kier molecular flexibility index (Phi) is 8.04. The Morgan fingerprint density at radius 2 is 1.55 bits per heavy atom. The van der Waals surface area contributed by atoms with Crippen molar-refractivity contribution in [2.45, 2.75) is 78.2 Å². The summed E-state index contributed by atoms with van der Waals surface area (Å²) < 4.78 is 2.15. The number of fused-ring (bicyclic) bond motifs is 2. The zero-order chi connectivity index (χ0) is 31.1. The number of nitrogens with zero attached hydrogens (tertiary/aromatic N) is 2. The van der Waals surface area contributed by atoms with Crippen molar-refractivity contribution in [3.05, 3.63) is 141 Å². The molecule has 1 aliphatic carbocycles. The van der Waals surface area contributed by atoms with Crippen LogP contribution in [0.3, 0.4) is 0 Å². The molecule has 0 saturated heterocycles. The van der Waals surface area contributed by atoms with Crippen LogP contribution in [0.4, 0.5) is 11.4 Å². The Morgan fingerprint density at radius 1 is 0.841 bits per heavy atom. The molecular weight excluding hydrogens is 556 g/mol. The van der Waals surface area contributed by atoms with Gasteiger partial charge in [-0.25, -0.2) is 0 Å². The van der Waals surface area contributed by atoms with Crippen molar-refractivity contribution in [1.29, 1.82) is 0 Å². The van der Waals surface area contributed by atoms with Crippen LogP contribution in [-0.2, 0) is 17.4 Å². The van der Waals surface area contributed by atoms with Gasteiger partial charge in [0, 0.05) is 53.0 Å². The smallest absolute Gasteiger partial charge is 0.229 e. The molecule has 0 fully saturated rings. The molecule has 222 valence electrons. The van der Waals surface area contributed by atoms with Crippen LogP contribution < -0.4 is 4.90 Å². The molecule has 0 bridgehead atoms. The van der Waals surface area contributed by atoms with Crippen molar-refractivity contribution < 1.29 is 4.58 Å². The molecule has 3 aromatic rings. The van der Waals surface area contributed by atoms with Crippen LogP contribution in [0.1, 0.15) is 76.1 Å². The highest BCUT2D eigenvalue weighted by Crippen LogP contribution is 2.48. The summed E-state index contributed by atoms with van der Waals surface area (Å²) in [7, 11) is 0. The molecule has 2 heterocycles. The van der Waals surface area contributed by atoms with E-state index in [4.69, 9.17) is 11.6 Å². The average Bonchev–Trinajstić information content (AvgIpc) is 3.36. The maximum atomic E-state index is 7.18. The number of hydrogen-bond acceptors (Lipinski definition) is 1. The van der Waals surface area contributed by atoms with Crippen molar-refractivity contribution in [2.24, 2.45) is 0 Å². The first kappa shape index (κ1) is 30.0. The molecule has 2 aliphatic heterocycles. The van der Waals surface area contributed by atoms with Crippen LogP contribution in [0.5, 0.6) is 0 Å². The molecule has 0 radical (unpaired) electrons. The van der Waals surface area contributed by atoms with Crippen molar-refractivity contribution in [2.75, 3.05) is 4.90 Å². The third kappa shape index (κ3) is 5.29. The van der Waals surface area contributed by atoms with E-state index in [0.717, 1.165) is 36.5 Å². The van der Waals surface area contributed by atoms with Gasteiger partial charge in [-0.05, 0) is 80.4 Å². The van der Waals surface area contributed by atoms with Crippen LogP contribution in [0.25, 0.3) is 0 Å². The molecule has 3 aromatic carbocycles. The number of benzene rings is 3. The van der Waals surface area contributed by atoms with E-state index in [-0.39, 0.29) is 10.8 Å². The summed E-state index contributed by atoms with van der Waals surface area (Å²) in [6.07, 6.45) is 12.1. The molecule has 0 atom stereocenters. The third-order valence-electron chi connectivity index (χ3n) is 9.52. The van der Waals surface area contributed by atoms with Gasteiger partial charge < -0.3 is 4.90 Å². The second kappa shape index (κ2) is 11.8. The van der Waals surface area contributed by atoms with Gasteiger partial charge in [-0.1, -0.05) is 104 Å². The fraction of sp³-hybridized carbons (Fsp3) is 0.293. The molecule has 0 saturated carbocycles. The number of anilines is 1. The van der Waals surface area contributed by atoms with Gasteiger partial charge in [-0.15, -0.1) is 4.58 Å². The van der Waals surface area contributed by atoms with Gasteiger partial charge in [-0.3, -0.25) is 0 Å². The molecule has 2 nitrogen and oxygen atoms in total. The van der Waals surface area contributed by atoms with Gasteiger partial charge in [0.05, 0.1) is 5.41 Å². The van der Waals surface area contributed by atoms with Crippen molar-refractivity contribution in [3.63, 3.8) is 0 Å². The normalized spacial score (nSPS) is 20.4. The van der Waals surface area contributed by atoms with Crippen molar-refractivity contribution in [1.82, 2.24) is 0 Å². The maximum absolute atomic E-state index is 7.18. The zero-order valence-corrected chi connectivity index (χ0v) is 27.6. The quantitative estimate of drug-likeness (QED) is 0.209. The predicted molar refractivity (Wildman–Crippen MR) is 187 cm³/mol. The van der Waals surface area contributed by atoms with Crippen LogP contribution in [0, 0.1) is 18.9 Å². The van der Waals surface area contributed by atoms with E-state index in [1.165, 1.54) is 50.5 Å². The maximum Gasteiger partial charge on any atom is 0.229 e. The van der Waals surface area contributed by atoms with Crippen LogP contribution in [0.15, 0.2) is 119 Å². The highest BCUT2D eigenvalue weighted by atomic mass is 35.5. The Hall–Kier alpha value is -4.06. The number of aryl methyl sites for hydroxylation is 1. The van der Waals surface area contributed by atoms with E-state index in [9.17, 15) is 0 Å². The van der Waals surface area contributed by atoms with E-state index in [0.29, 0.717) is 0 Å².